The third-order valence-corrected chi connectivity index (χ3v) is 2.79. The summed E-state index contributed by atoms with van der Waals surface area (Å²) in [6, 6.07) is -0.834. The first-order valence-electron chi connectivity index (χ1n) is 6.02. The van der Waals surface area contributed by atoms with Gasteiger partial charge in [-0.2, -0.15) is 4.99 Å². The number of hydrogen-bond acceptors (Lipinski definition) is 4. The summed E-state index contributed by atoms with van der Waals surface area (Å²) in [6.07, 6.45) is 0.647. The number of aromatic hydroxyl groups is 3. The van der Waals surface area contributed by atoms with Gasteiger partial charge in [-0.3, -0.25) is 0 Å². The Balaban J connectivity index is 3.43. The highest BCUT2D eigenvalue weighted by molar-refractivity contribution is 5.99. The summed E-state index contributed by atoms with van der Waals surface area (Å²) < 4.78 is 0. The maximum atomic E-state index is 11.6. The quantitative estimate of drug-likeness (QED) is 0.208. The molecule has 1 aromatic rings. The van der Waals surface area contributed by atoms with E-state index in [0.717, 1.165) is 0 Å². The minimum absolute atomic E-state index is 0.192. The molecular formula is C12H18N4O4. The number of guanidine groups is 1. The average molecular weight is 282 g/mol. The van der Waals surface area contributed by atoms with Crippen LogP contribution in [0.5, 0.6) is 17.2 Å². The van der Waals surface area contributed by atoms with Gasteiger partial charge in [-0.1, -0.05) is 13.8 Å². The zero-order valence-corrected chi connectivity index (χ0v) is 11.3. The van der Waals surface area contributed by atoms with E-state index in [0.29, 0.717) is 12.8 Å². The molecule has 0 aliphatic carbocycles. The monoisotopic (exact) mass is 282 g/mol. The Morgan fingerprint density at radius 3 is 1.85 bits per heavy atom. The first-order valence-corrected chi connectivity index (χ1v) is 6.02. The number of amides is 2. The Kier molecular flexibility index (Phi) is 4.63. The molecule has 20 heavy (non-hydrogen) atoms. The molecular weight excluding hydrogens is 264 g/mol. The fourth-order valence-corrected chi connectivity index (χ4v) is 1.91. The average Bonchev–Trinajstić information content (AvgIpc) is 2.36. The number of rotatable bonds is 3. The predicted octanol–water partition coefficient (Wildman–Crippen LogP) is 0.733. The standard InChI is InChI=1S/C12H18N4O4/c1-3-5-7(15-12(20)16-11(13)14)6(4-2)9(18)10(19)8(5)17/h17-19H,3-4H2,1-2H3,(H5,13,14,15,16,20). The lowest BCUT2D eigenvalue weighted by atomic mass is 9.99. The molecule has 0 aliphatic heterocycles. The van der Waals surface area contributed by atoms with E-state index in [1.54, 1.807) is 13.8 Å². The summed E-state index contributed by atoms with van der Waals surface area (Å²) in [5.74, 6) is -1.99. The highest BCUT2D eigenvalue weighted by Crippen LogP contribution is 2.46. The van der Waals surface area contributed by atoms with Gasteiger partial charge in [-0.05, 0) is 12.8 Å². The van der Waals surface area contributed by atoms with Crippen molar-refractivity contribution in [2.75, 3.05) is 5.32 Å². The van der Waals surface area contributed by atoms with Crippen molar-refractivity contribution in [2.24, 2.45) is 16.5 Å². The minimum atomic E-state index is -0.834. The molecule has 0 bridgehead atoms. The van der Waals surface area contributed by atoms with E-state index in [2.05, 4.69) is 10.3 Å². The first-order chi connectivity index (χ1) is 9.33. The number of nitrogens with one attached hydrogen (secondary N) is 1. The normalized spacial score (nSPS) is 10.1. The van der Waals surface area contributed by atoms with Crippen molar-refractivity contribution in [2.45, 2.75) is 26.7 Å². The number of nitrogens with two attached hydrogens (primary N) is 2. The number of anilines is 1. The van der Waals surface area contributed by atoms with Crippen molar-refractivity contribution >= 4 is 17.7 Å². The van der Waals surface area contributed by atoms with Crippen LogP contribution < -0.4 is 16.8 Å². The summed E-state index contributed by atoms with van der Waals surface area (Å²) in [5.41, 5.74) is 11.0. The number of benzene rings is 1. The number of hydrogen-bond donors (Lipinski definition) is 6. The van der Waals surface area contributed by atoms with E-state index in [4.69, 9.17) is 11.5 Å². The van der Waals surface area contributed by atoms with E-state index in [-0.39, 0.29) is 16.8 Å². The molecule has 1 rings (SSSR count). The number of phenols is 3. The lowest BCUT2D eigenvalue weighted by Gasteiger charge is -2.17. The van der Waals surface area contributed by atoms with Crippen molar-refractivity contribution in [3.63, 3.8) is 0 Å². The summed E-state index contributed by atoms with van der Waals surface area (Å²) >= 11 is 0. The van der Waals surface area contributed by atoms with Gasteiger partial charge in [-0.25, -0.2) is 4.79 Å². The number of carbonyl (C=O) groups is 1. The van der Waals surface area contributed by atoms with Gasteiger partial charge >= 0.3 is 6.03 Å². The topological polar surface area (TPSA) is 154 Å². The zero-order chi connectivity index (χ0) is 15.4. The third kappa shape index (κ3) is 2.85. The van der Waals surface area contributed by atoms with Gasteiger partial charge in [-0.15, -0.1) is 0 Å². The number of aliphatic imine (C=N–C) groups is 1. The van der Waals surface area contributed by atoms with Crippen LogP contribution in [0.25, 0.3) is 0 Å². The minimum Gasteiger partial charge on any atom is -0.504 e. The maximum absolute atomic E-state index is 11.6. The van der Waals surface area contributed by atoms with Crippen LogP contribution in [0.2, 0.25) is 0 Å². The lowest BCUT2D eigenvalue weighted by molar-refractivity contribution is 0.259. The molecule has 0 fully saturated rings. The molecule has 0 saturated heterocycles. The highest BCUT2D eigenvalue weighted by Gasteiger charge is 2.22. The second kappa shape index (κ2) is 6.00. The van der Waals surface area contributed by atoms with Crippen LogP contribution in [0.1, 0.15) is 25.0 Å². The van der Waals surface area contributed by atoms with Gasteiger partial charge in [0, 0.05) is 11.1 Å². The van der Waals surface area contributed by atoms with E-state index in [9.17, 15) is 20.1 Å². The number of phenolic OH excluding ortho intramolecular Hbond substituents is 3. The van der Waals surface area contributed by atoms with Gasteiger partial charge in [0.05, 0.1) is 5.69 Å². The third-order valence-electron chi connectivity index (χ3n) is 2.79. The predicted molar refractivity (Wildman–Crippen MR) is 75.0 cm³/mol. The number of nitrogens with zero attached hydrogens (tertiary/aromatic N) is 1. The number of urea groups is 1. The van der Waals surface area contributed by atoms with E-state index in [1.807, 2.05) is 0 Å². The highest BCUT2D eigenvalue weighted by atomic mass is 16.3. The molecule has 2 amide bonds. The molecule has 0 aromatic heterocycles. The van der Waals surface area contributed by atoms with Gasteiger partial charge < -0.3 is 32.1 Å². The molecule has 8 nitrogen and oxygen atoms in total. The number of carbonyl (C=O) groups excluding carboxylic acids is 1. The van der Waals surface area contributed by atoms with E-state index >= 15 is 0 Å². The fraction of sp³-hybridized carbons (Fsp3) is 0.333. The SMILES string of the molecule is CCc1c(O)c(O)c(O)c(CC)c1NC(=O)N=C(N)N. The van der Waals surface area contributed by atoms with Crippen LogP contribution in [0, 0.1) is 0 Å². The fourth-order valence-electron chi connectivity index (χ4n) is 1.91. The zero-order valence-electron chi connectivity index (χ0n) is 11.3. The first kappa shape index (κ1) is 15.4. The summed E-state index contributed by atoms with van der Waals surface area (Å²) in [6.45, 7) is 3.45. The lowest BCUT2D eigenvalue weighted by Crippen LogP contribution is -2.25. The smallest absolute Gasteiger partial charge is 0.348 e. The van der Waals surface area contributed by atoms with Crippen LogP contribution in [0.15, 0.2) is 4.99 Å². The van der Waals surface area contributed by atoms with Gasteiger partial charge in [0.2, 0.25) is 5.75 Å². The molecule has 8 heteroatoms. The van der Waals surface area contributed by atoms with Crippen molar-refractivity contribution in [3.05, 3.63) is 11.1 Å². The van der Waals surface area contributed by atoms with E-state index in [1.165, 1.54) is 0 Å². The van der Waals surface area contributed by atoms with Crippen LogP contribution >= 0.6 is 0 Å². The van der Waals surface area contributed by atoms with Crippen LogP contribution in [0.3, 0.4) is 0 Å². The van der Waals surface area contributed by atoms with Crippen molar-refractivity contribution < 1.29 is 20.1 Å². The van der Waals surface area contributed by atoms with E-state index < -0.39 is 29.2 Å². The molecule has 0 spiro atoms. The molecule has 110 valence electrons. The molecule has 0 unspecified atom stereocenters. The van der Waals surface area contributed by atoms with Crippen molar-refractivity contribution in [3.8, 4) is 17.2 Å². The molecule has 1 aromatic carbocycles. The summed E-state index contributed by atoms with van der Waals surface area (Å²) in [4.78, 5) is 14.9. The van der Waals surface area contributed by atoms with Gasteiger partial charge in [0.1, 0.15) is 0 Å². The van der Waals surface area contributed by atoms with Crippen LogP contribution in [0.4, 0.5) is 10.5 Å². The Hall–Kier alpha value is -2.64. The molecule has 0 saturated carbocycles. The maximum Gasteiger partial charge on any atom is 0.348 e. The van der Waals surface area contributed by atoms with Crippen LogP contribution in [-0.2, 0) is 12.8 Å². The second-order valence-electron chi connectivity index (χ2n) is 4.05. The molecule has 8 N–H and O–H groups in total. The molecule has 0 atom stereocenters. The molecule has 0 aliphatic rings. The van der Waals surface area contributed by atoms with Crippen LogP contribution in [-0.4, -0.2) is 27.3 Å². The summed E-state index contributed by atoms with van der Waals surface area (Å²) in [5, 5.41) is 31.7. The Morgan fingerprint density at radius 1 is 1.05 bits per heavy atom. The summed E-state index contributed by atoms with van der Waals surface area (Å²) in [7, 11) is 0. The van der Waals surface area contributed by atoms with Gasteiger partial charge in [0.15, 0.2) is 17.5 Å². The van der Waals surface area contributed by atoms with Gasteiger partial charge in [0.25, 0.3) is 0 Å². The van der Waals surface area contributed by atoms with Crippen molar-refractivity contribution in [1.29, 1.82) is 0 Å². The second-order valence-corrected chi connectivity index (χ2v) is 4.05. The molecule has 0 radical (unpaired) electrons. The Bertz CT molecular complexity index is 534. The Labute approximate surface area is 115 Å². The largest absolute Gasteiger partial charge is 0.504 e. The molecule has 0 heterocycles. The Morgan fingerprint density at radius 2 is 1.50 bits per heavy atom. The van der Waals surface area contributed by atoms with Crippen molar-refractivity contribution in [1.82, 2.24) is 0 Å².